The zero-order chi connectivity index (χ0) is 12.6. The molecule has 15 heavy (non-hydrogen) atoms. The van der Waals surface area contributed by atoms with E-state index in [9.17, 15) is 19.5 Å². The van der Waals surface area contributed by atoms with Gasteiger partial charge in [0.15, 0.2) is 12.2 Å². The smallest absolute Gasteiger partial charge is 0.335 e. The van der Waals surface area contributed by atoms with E-state index in [0.29, 0.717) is 0 Å². The molecule has 7 N–H and O–H groups in total. The number of carboxylic acids is 3. The highest BCUT2D eigenvalue weighted by Gasteiger charge is 2.29. The first-order valence-electron chi connectivity index (χ1n) is 3.54. The highest BCUT2D eigenvalue weighted by Crippen LogP contribution is 1.92. The Kier molecular flexibility index (Phi) is 8.05. The van der Waals surface area contributed by atoms with E-state index in [1.807, 2.05) is 0 Å². The summed E-state index contributed by atoms with van der Waals surface area (Å²) in [5.74, 6) is -4.64. The lowest BCUT2D eigenvalue weighted by Gasteiger charge is -2.07. The molecule has 0 saturated carbocycles. The van der Waals surface area contributed by atoms with E-state index in [0.717, 1.165) is 0 Å². The van der Waals surface area contributed by atoms with Gasteiger partial charge >= 0.3 is 11.9 Å². The fourth-order valence-corrected chi connectivity index (χ4v) is 0.270. The fraction of sp³-hybridized carbons (Fsp3) is 0.500. The number of aliphatic hydroxyl groups excluding tert-OH is 2. The van der Waals surface area contributed by atoms with Gasteiger partial charge in [0.1, 0.15) is 6.54 Å². The van der Waals surface area contributed by atoms with Crippen LogP contribution in [0.15, 0.2) is 0 Å². The third-order valence-electron chi connectivity index (χ3n) is 1.01. The van der Waals surface area contributed by atoms with Crippen LogP contribution in [0.3, 0.4) is 0 Å². The third-order valence-corrected chi connectivity index (χ3v) is 1.01. The summed E-state index contributed by atoms with van der Waals surface area (Å²) in [6.45, 7) is -0.139. The molecule has 0 aromatic heterocycles. The quantitative estimate of drug-likeness (QED) is 0.314. The molecule has 0 spiro atoms. The summed E-state index contributed by atoms with van der Waals surface area (Å²) in [6, 6.07) is 0. The highest BCUT2D eigenvalue weighted by atomic mass is 16.4. The summed E-state index contributed by atoms with van der Waals surface area (Å²) in [4.78, 5) is 28.7. The number of aliphatic hydroxyl groups is 2. The second kappa shape index (κ2) is 7.67. The van der Waals surface area contributed by atoms with Crippen molar-refractivity contribution in [3.05, 3.63) is 0 Å². The van der Waals surface area contributed by atoms with E-state index in [-0.39, 0.29) is 6.54 Å². The maximum absolute atomic E-state index is 9.77. The van der Waals surface area contributed by atoms with E-state index in [1.54, 1.807) is 0 Å². The minimum Gasteiger partial charge on any atom is -0.544 e. The fourth-order valence-electron chi connectivity index (χ4n) is 0.270. The summed E-state index contributed by atoms with van der Waals surface area (Å²) in [5.41, 5.74) is 3.02. The van der Waals surface area contributed by atoms with Gasteiger partial charge in [-0.05, 0) is 0 Å². The van der Waals surface area contributed by atoms with Gasteiger partial charge in [0, 0.05) is 0 Å². The first-order chi connectivity index (χ1) is 6.73. The number of carbonyl (C=O) groups is 3. The Morgan fingerprint density at radius 1 is 1.07 bits per heavy atom. The zero-order valence-electron chi connectivity index (χ0n) is 7.49. The van der Waals surface area contributed by atoms with Gasteiger partial charge in [0.05, 0.1) is 5.97 Å². The molecule has 0 aromatic rings. The summed E-state index contributed by atoms with van der Waals surface area (Å²) >= 11 is 0. The van der Waals surface area contributed by atoms with Crippen LogP contribution in [0.4, 0.5) is 0 Å². The van der Waals surface area contributed by atoms with Crippen molar-refractivity contribution >= 4 is 17.9 Å². The van der Waals surface area contributed by atoms with E-state index >= 15 is 0 Å². The lowest BCUT2D eigenvalue weighted by molar-refractivity contribution is -0.396. The van der Waals surface area contributed by atoms with E-state index in [2.05, 4.69) is 5.73 Å². The van der Waals surface area contributed by atoms with Gasteiger partial charge in [-0.2, -0.15) is 0 Å². The molecule has 0 aliphatic rings. The molecular weight excluding hydrogens is 214 g/mol. The van der Waals surface area contributed by atoms with Crippen LogP contribution in [-0.2, 0) is 14.4 Å². The molecule has 0 saturated heterocycles. The van der Waals surface area contributed by atoms with Crippen LogP contribution < -0.4 is 10.8 Å². The van der Waals surface area contributed by atoms with Gasteiger partial charge in [-0.1, -0.05) is 0 Å². The van der Waals surface area contributed by atoms with Crippen LogP contribution in [0.1, 0.15) is 0 Å². The van der Waals surface area contributed by atoms with Crippen molar-refractivity contribution in [2.45, 2.75) is 12.2 Å². The maximum atomic E-state index is 9.77. The number of carbonyl (C=O) groups excluding carboxylic acids is 1. The summed E-state index contributed by atoms with van der Waals surface area (Å²) < 4.78 is 0. The predicted octanol–water partition coefficient (Wildman–Crippen LogP) is -5.14. The lowest BCUT2D eigenvalue weighted by atomic mass is 10.2. The van der Waals surface area contributed by atoms with E-state index < -0.39 is 30.1 Å². The van der Waals surface area contributed by atoms with Crippen LogP contribution >= 0.6 is 0 Å². The first-order valence-corrected chi connectivity index (χ1v) is 3.54. The van der Waals surface area contributed by atoms with Crippen molar-refractivity contribution in [2.75, 3.05) is 6.54 Å². The second-order valence-corrected chi connectivity index (χ2v) is 2.19. The van der Waals surface area contributed by atoms with Crippen molar-refractivity contribution in [1.29, 1.82) is 0 Å². The largest absolute Gasteiger partial charge is 0.544 e. The number of hydrogen-bond donors (Lipinski definition) is 5. The number of quaternary nitrogens is 1. The molecule has 0 aliphatic carbocycles. The van der Waals surface area contributed by atoms with Crippen molar-refractivity contribution in [3.63, 3.8) is 0 Å². The molecule has 0 radical (unpaired) electrons. The van der Waals surface area contributed by atoms with Crippen LogP contribution in [0.5, 0.6) is 0 Å². The molecule has 0 aromatic carbocycles. The van der Waals surface area contributed by atoms with Crippen molar-refractivity contribution in [3.8, 4) is 0 Å². The summed E-state index contributed by atoms with van der Waals surface area (Å²) in [6.07, 6.45) is -4.53. The molecule has 0 fully saturated rings. The second-order valence-electron chi connectivity index (χ2n) is 2.19. The highest BCUT2D eigenvalue weighted by molar-refractivity contribution is 5.83. The normalized spacial score (nSPS) is 13.0. The molecule has 9 nitrogen and oxygen atoms in total. The average Bonchev–Trinajstić information content (AvgIpc) is 2.16. The van der Waals surface area contributed by atoms with Crippen LogP contribution in [0.25, 0.3) is 0 Å². The molecule has 0 unspecified atom stereocenters. The molecule has 88 valence electrons. The lowest BCUT2D eigenvalue weighted by Crippen LogP contribution is -2.58. The standard InChI is InChI=1S/C4H6O6.C2H5NO2/c5-1(3(7)8)2(6)4(9)10;3-1-2(4)5/h1-2,5-6H,(H,7,8)(H,9,10);1,3H2,(H,4,5)/t1-,2-;/m1./s1. The number of hydrogen-bond acceptors (Lipinski definition) is 6. The minimum absolute atomic E-state index is 0.139. The molecular formula is C6H11NO8. The van der Waals surface area contributed by atoms with Crippen molar-refractivity contribution in [2.24, 2.45) is 0 Å². The van der Waals surface area contributed by atoms with Gasteiger partial charge < -0.3 is 36.1 Å². The summed E-state index contributed by atoms with van der Waals surface area (Å²) in [7, 11) is 0. The Hall–Kier alpha value is -1.71. The van der Waals surface area contributed by atoms with Gasteiger partial charge in [0.2, 0.25) is 0 Å². The van der Waals surface area contributed by atoms with Gasteiger partial charge in [-0.25, -0.2) is 9.59 Å². The van der Waals surface area contributed by atoms with E-state index in [1.165, 1.54) is 0 Å². The molecule has 0 heterocycles. The van der Waals surface area contributed by atoms with Crippen LogP contribution in [0, 0.1) is 0 Å². The Balaban J connectivity index is 0. The maximum Gasteiger partial charge on any atom is 0.335 e. The number of aliphatic carboxylic acids is 3. The van der Waals surface area contributed by atoms with Gasteiger partial charge in [-0.3, -0.25) is 0 Å². The first kappa shape index (κ1) is 15.7. The average molecular weight is 225 g/mol. The molecule has 0 amide bonds. The van der Waals surface area contributed by atoms with Crippen LogP contribution in [0.2, 0.25) is 0 Å². The Morgan fingerprint density at radius 2 is 1.27 bits per heavy atom. The number of rotatable bonds is 4. The molecule has 0 aliphatic heterocycles. The van der Waals surface area contributed by atoms with Crippen molar-refractivity contribution in [1.82, 2.24) is 0 Å². The van der Waals surface area contributed by atoms with Crippen LogP contribution in [-0.4, -0.2) is 57.1 Å². The number of carboxylic acid groups (broad SMARTS) is 3. The predicted molar refractivity (Wildman–Crippen MR) is 40.0 cm³/mol. The topological polar surface area (TPSA) is 183 Å². The molecule has 2 atom stereocenters. The molecule has 0 bridgehead atoms. The Bertz CT molecular complexity index is 221. The molecule has 9 heteroatoms. The Morgan fingerprint density at radius 3 is 1.33 bits per heavy atom. The van der Waals surface area contributed by atoms with Gasteiger partial charge in [0.25, 0.3) is 0 Å². The third kappa shape index (κ3) is 8.62. The Labute approximate surface area is 83.4 Å². The van der Waals surface area contributed by atoms with Gasteiger partial charge in [-0.15, -0.1) is 0 Å². The zero-order valence-corrected chi connectivity index (χ0v) is 7.49. The van der Waals surface area contributed by atoms with Crippen molar-refractivity contribution < 1.29 is 45.6 Å². The van der Waals surface area contributed by atoms with E-state index in [4.69, 9.17) is 20.4 Å². The minimum atomic E-state index is -2.27. The monoisotopic (exact) mass is 225 g/mol. The summed E-state index contributed by atoms with van der Waals surface area (Å²) in [5, 5.41) is 41.7. The molecule has 0 rings (SSSR count). The SMILES string of the molecule is O=C(O)[C@H](O)[C@@H](O)C(=O)O.[NH3+]CC(=O)[O-].